The van der Waals surface area contributed by atoms with Crippen LogP contribution >= 0.6 is 0 Å². The molecule has 0 unspecified atom stereocenters. The largest absolute Gasteiger partial charge is 0.465 e. The third-order valence-electron chi connectivity index (χ3n) is 4.16. The van der Waals surface area contributed by atoms with Gasteiger partial charge >= 0.3 is 5.97 Å². The number of fused-ring (bicyclic) bond motifs is 1. The van der Waals surface area contributed by atoms with Crippen LogP contribution in [0.5, 0.6) is 0 Å². The van der Waals surface area contributed by atoms with Crippen LogP contribution in [0.15, 0.2) is 54.6 Å². The van der Waals surface area contributed by atoms with Crippen LogP contribution in [0.1, 0.15) is 37.4 Å². The van der Waals surface area contributed by atoms with Gasteiger partial charge < -0.3 is 4.74 Å². The second-order valence-corrected chi connectivity index (χ2v) is 5.85. The van der Waals surface area contributed by atoms with Crippen LogP contribution < -0.4 is 0 Å². The highest BCUT2D eigenvalue weighted by Crippen LogP contribution is 2.26. The fourth-order valence-corrected chi connectivity index (χ4v) is 3.03. The van der Waals surface area contributed by atoms with Gasteiger partial charge in [0.15, 0.2) is 5.78 Å². The van der Waals surface area contributed by atoms with Gasteiger partial charge in [0.2, 0.25) is 0 Å². The lowest BCUT2D eigenvalue weighted by Crippen LogP contribution is -2.13. The lowest BCUT2D eigenvalue weighted by atomic mass is 9.90. The maximum Gasteiger partial charge on any atom is 0.338 e. The normalized spacial score (nSPS) is 10.6. The summed E-state index contributed by atoms with van der Waals surface area (Å²) in [5.41, 5.74) is 3.07. The molecule has 0 saturated heterocycles. The fraction of sp³-hybridized carbons (Fsp3) is 0.143. The second-order valence-electron chi connectivity index (χ2n) is 5.85. The first-order valence-electron chi connectivity index (χ1n) is 7.75. The van der Waals surface area contributed by atoms with Crippen molar-refractivity contribution in [2.45, 2.75) is 13.8 Å². The molecule has 3 aromatic carbocycles. The predicted molar refractivity (Wildman–Crippen MR) is 94.6 cm³/mol. The van der Waals surface area contributed by atoms with Crippen LogP contribution in [0, 0.1) is 13.8 Å². The molecule has 24 heavy (non-hydrogen) atoms. The van der Waals surface area contributed by atoms with E-state index in [1.807, 2.05) is 56.3 Å². The summed E-state index contributed by atoms with van der Waals surface area (Å²) in [6.45, 7) is 3.79. The van der Waals surface area contributed by atoms with Crippen molar-refractivity contribution in [3.8, 4) is 0 Å². The molecule has 120 valence electrons. The summed E-state index contributed by atoms with van der Waals surface area (Å²) in [6, 6.07) is 16.9. The molecule has 0 aromatic heterocycles. The SMILES string of the molecule is COC(=O)c1cccc(C)c1C(=O)c1cc(C)cc2ccccc12. The Balaban J connectivity index is 2.27. The molecule has 0 N–H and O–H groups in total. The Labute approximate surface area is 140 Å². The number of ether oxygens (including phenoxy) is 1. The molecule has 3 rings (SSSR count). The number of ketones is 1. The van der Waals surface area contributed by atoms with Crippen molar-refractivity contribution in [2.24, 2.45) is 0 Å². The molecule has 0 bridgehead atoms. The number of carbonyl (C=O) groups is 2. The standard InChI is InChI=1S/C21H18O3/c1-13-11-15-8-4-5-9-16(15)18(12-13)20(22)19-14(2)7-6-10-17(19)21(23)24-3/h4-12H,1-3H3. The van der Waals surface area contributed by atoms with Crippen molar-refractivity contribution in [2.75, 3.05) is 7.11 Å². The van der Waals surface area contributed by atoms with Gasteiger partial charge in [-0.3, -0.25) is 4.79 Å². The number of hydrogen-bond donors (Lipinski definition) is 0. The first-order chi connectivity index (χ1) is 11.5. The van der Waals surface area contributed by atoms with Crippen LogP contribution in [-0.4, -0.2) is 18.9 Å². The summed E-state index contributed by atoms with van der Waals surface area (Å²) >= 11 is 0. The van der Waals surface area contributed by atoms with Crippen LogP contribution in [0.3, 0.4) is 0 Å². The average molecular weight is 318 g/mol. The molecule has 0 heterocycles. The van der Waals surface area contributed by atoms with Crippen molar-refractivity contribution < 1.29 is 14.3 Å². The Morgan fingerprint density at radius 3 is 2.38 bits per heavy atom. The monoisotopic (exact) mass is 318 g/mol. The van der Waals surface area contributed by atoms with Crippen LogP contribution in [-0.2, 0) is 4.74 Å². The van der Waals surface area contributed by atoms with E-state index in [2.05, 4.69) is 0 Å². The van der Waals surface area contributed by atoms with Crippen molar-refractivity contribution >= 4 is 22.5 Å². The van der Waals surface area contributed by atoms with Gasteiger partial charge in [-0.15, -0.1) is 0 Å². The minimum Gasteiger partial charge on any atom is -0.465 e. The van der Waals surface area contributed by atoms with E-state index in [9.17, 15) is 9.59 Å². The lowest BCUT2D eigenvalue weighted by Gasteiger charge is -2.13. The molecule has 0 radical (unpaired) electrons. The second kappa shape index (κ2) is 6.28. The minimum absolute atomic E-state index is 0.159. The van der Waals surface area contributed by atoms with E-state index in [0.717, 1.165) is 21.9 Å². The highest BCUT2D eigenvalue weighted by atomic mass is 16.5. The number of carbonyl (C=O) groups excluding carboxylic acids is 2. The molecule has 0 amide bonds. The quantitative estimate of drug-likeness (QED) is 0.528. The maximum absolute atomic E-state index is 13.3. The molecular weight excluding hydrogens is 300 g/mol. The summed E-state index contributed by atoms with van der Waals surface area (Å²) in [5.74, 6) is -0.660. The molecule has 0 aliphatic rings. The summed E-state index contributed by atoms with van der Waals surface area (Å²) in [5, 5.41) is 1.89. The van der Waals surface area contributed by atoms with Gasteiger partial charge in [-0.2, -0.15) is 0 Å². The van der Waals surface area contributed by atoms with E-state index >= 15 is 0 Å². The van der Waals surface area contributed by atoms with Gasteiger partial charge in [-0.25, -0.2) is 4.79 Å². The van der Waals surface area contributed by atoms with Crippen LogP contribution in [0.4, 0.5) is 0 Å². The Bertz CT molecular complexity index is 954. The molecular formula is C21H18O3. The first-order valence-corrected chi connectivity index (χ1v) is 7.75. The van der Waals surface area contributed by atoms with Crippen molar-refractivity contribution in [3.05, 3.63) is 82.4 Å². The Kier molecular flexibility index (Phi) is 4.17. The third-order valence-corrected chi connectivity index (χ3v) is 4.16. The van der Waals surface area contributed by atoms with E-state index in [1.165, 1.54) is 7.11 Å². The zero-order valence-electron chi connectivity index (χ0n) is 13.9. The van der Waals surface area contributed by atoms with E-state index in [1.54, 1.807) is 12.1 Å². The molecule has 0 aliphatic heterocycles. The lowest BCUT2D eigenvalue weighted by molar-refractivity contribution is 0.0597. The predicted octanol–water partition coefficient (Wildman–Crippen LogP) is 4.47. The Morgan fingerprint density at radius 1 is 0.875 bits per heavy atom. The van der Waals surface area contributed by atoms with Crippen LogP contribution in [0.2, 0.25) is 0 Å². The van der Waals surface area contributed by atoms with E-state index in [4.69, 9.17) is 4.74 Å². The van der Waals surface area contributed by atoms with Crippen molar-refractivity contribution in [1.82, 2.24) is 0 Å². The number of methoxy groups -OCH3 is 1. The molecule has 3 nitrogen and oxygen atoms in total. The number of esters is 1. The molecule has 0 atom stereocenters. The topological polar surface area (TPSA) is 43.4 Å². The Morgan fingerprint density at radius 2 is 1.62 bits per heavy atom. The van der Waals surface area contributed by atoms with E-state index < -0.39 is 5.97 Å². The average Bonchev–Trinajstić information content (AvgIpc) is 2.59. The van der Waals surface area contributed by atoms with Gasteiger partial charge in [-0.05, 0) is 47.9 Å². The summed E-state index contributed by atoms with van der Waals surface area (Å²) < 4.78 is 4.84. The highest BCUT2D eigenvalue weighted by molar-refractivity contribution is 6.20. The highest BCUT2D eigenvalue weighted by Gasteiger charge is 2.22. The number of rotatable bonds is 3. The summed E-state index contributed by atoms with van der Waals surface area (Å²) in [4.78, 5) is 25.3. The fourth-order valence-electron chi connectivity index (χ4n) is 3.03. The van der Waals surface area contributed by atoms with Gasteiger partial charge in [0.1, 0.15) is 0 Å². The smallest absolute Gasteiger partial charge is 0.338 e. The van der Waals surface area contributed by atoms with E-state index in [-0.39, 0.29) is 5.78 Å². The molecule has 0 aliphatic carbocycles. The Hall–Kier alpha value is -2.94. The maximum atomic E-state index is 13.3. The first kappa shape index (κ1) is 15.9. The van der Waals surface area contributed by atoms with Crippen molar-refractivity contribution in [1.29, 1.82) is 0 Å². The summed E-state index contributed by atoms with van der Waals surface area (Å²) in [6.07, 6.45) is 0. The minimum atomic E-state index is -0.501. The molecule has 0 spiro atoms. The molecule has 0 saturated carbocycles. The number of aryl methyl sites for hydroxylation is 2. The van der Waals surface area contributed by atoms with E-state index in [0.29, 0.717) is 16.7 Å². The third kappa shape index (κ3) is 2.69. The molecule has 0 fully saturated rings. The zero-order chi connectivity index (χ0) is 17.3. The van der Waals surface area contributed by atoms with Gasteiger partial charge in [0.25, 0.3) is 0 Å². The number of hydrogen-bond acceptors (Lipinski definition) is 3. The van der Waals surface area contributed by atoms with Gasteiger partial charge in [0.05, 0.1) is 12.7 Å². The summed E-state index contributed by atoms with van der Waals surface area (Å²) in [7, 11) is 1.32. The number of benzene rings is 3. The zero-order valence-corrected chi connectivity index (χ0v) is 13.9. The van der Waals surface area contributed by atoms with Crippen LogP contribution in [0.25, 0.3) is 10.8 Å². The van der Waals surface area contributed by atoms with Crippen molar-refractivity contribution in [3.63, 3.8) is 0 Å². The van der Waals surface area contributed by atoms with Gasteiger partial charge in [-0.1, -0.05) is 42.5 Å². The van der Waals surface area contributed by atoms with Gasteiger partial charge in [0, 0.05) is 11.1 Å². The molecule has 3 heteroatoms. The molecule has 3 aromatic rings.